The van der Waals surface area contributed by atoms with Crippen LogP contribution in [0.3, 0.4) is 0 Å². The van der Waals surface area contributed by atoms with Crippen molar-refractivity contribution in [3.63, 3.8) is 0 Å². The zero-order chi connectivity index (χ0) is 14.7. The van der Waals surface area contributed by atoms with E-state index >= 15 is 0 Å². The number of rotatable bonds is 0. The fourth-order valence-corrected chi connectivity index (χ4v) is 7.51. The number of nitrogens with zero attached hydrogens (tertiary/aromatic N) is 1. The van der Waals surface area contributed by atoms with Gasteiger partial charge in [-0.15, -0.1) is 0 Å². The van der Waals surface area contributed by atoms with Crippen LogP contribution < -0.4 is 0 Å². The van der Waals surface area contributed by atoms with Gasteiger partial charge in [-0.2, -0.15) is 5.26 Å². The van der Waals surface area contributed by atoms with E-state index in [2.05, 4.69) is 19.9 Å². The molecule has 21 heavy (non-hydrogen) atoms. The predicted octanol–water partition coefficient (Wildman–Crippen LogP) is 5.56. The van der Waals surface area contributed by atoms with E-state index in [-0.39, 0.29) is 0 Å². The van der Waals surface area contributed by atoms with Gasteiger partial charge in [0, 0.05) is 0 Å². The maximum Gasteiger partial charge on any atom is 0.0661 e. The predicted molar refractivity (Wildman–Crippen MR) is 85.4 cm³/mol. The molecule has 1 nitrogen and oxygen atoms in total. The molecule has 0 N–H and O–H groups in total. The minimum atomic E-state index is 0.348. The van der Waals surface area contributed by atoms with E-state index in [0.717, 1.165) is 23.7 Å². The summed E-state index contributed by atoms with van der Waals surface area (Å²) in [6.07, 6.45) is 14.2. The zero-order valence-electron chi connectivity index (χ0n) is 13.9. The molecule has 0 saturated heterocycles. The molecule has 4 aliphatic rings. The Morgan fingerprint density at radius 3 is 2.43 bits per heavy atom. The molecule has 116 valence electrons. The SMILES string of the molecule is C[C@@]12CC[C@H]3[C@@H](CC[C@H]4CCCC[C@]43C)[C@H]1CC[C@H]2C#N. The van der Waals surface area contributed by atoms with Gasteiger partial charge in [0.05, 0.1) is 12.0 Å². The van der Waals surface area contributed by atoms with Crippen LogP contribution in [0.15, 0.2) is 0 Å². The molecular formula is C20H31N. The van der Waals surface area contributed by atoms with Gasteiger partial charge in [0.15, 0.2) is 0 Å². The Balaban J connectivity index is 1.64. The van der Waals surface area contributed by atoms with Crippen LogP contribution >= 0.6 is 0 Å². The van der Waals surface area contributed by atoms with Gasteiger partial charge in [-0.05, 0) is 85.9 Å². The third-order valence-electron chi connectivity index (χ3n) is 8.74. The molecule has 0 amide bonds. The van der Waals surface area contributed by atoms with Crippen molar-refractivity contribution in [3.05, 3.63) is 0 Å². The molecule has 4 rings (SSSR count). The van der Waals surface area contributed by atoms with Gasteiger partial charge in [0.25, 0.3) is 0 Å². The first-order chi connectivity index (χ1) is 10.1. The highest BCUT2D eigenvalue weighted by atomic mass is 14.6. The van der Waals surface area contributed by atoms with Crippen molar-refractivity contribution in [1.82, 2.24) is 0 Å². The average molecular weight is 285 g/mol. The third-order valence-corrected chi connectivity index (χ3v) is 8.74. The Labute approximate surface area is 130 Å². The molecule has 0 radical (unpaired) electrons. The molecule has 4 fully saturated rings. The Morgan fingerprint density at radius 2 is 1.62 bits per heavy atom. The fourth-order valence-electron chi connectivity index (χ4n) is 7.51. The van der Waals surface area contributed by atoms with Crippen molar-refractivity contribution < 1.29 is 0 Å². The maximum atomic E-state index is 9.55. The summed E-state index contributed by atoms with van der Waals surface area (Å²) in [7, 11) is 0. The summed E-state index contributed by atoms with van der Waals surface area (Å²) >= 11 is 0. The first-order valence-corrected chi connectivity index (χ1v) is 9.49. The molecule has 7 atom stereocenters. The number of hydrogen-bond acceptors (Lipinski definition) is 1. The summed E-state index contributed by atoms with van der Waals surface area (Å²) in [5, 5.41) is 9.55. The van der Waals surface area contributed by atoms with Crippen molar-refractivity contribution in [2.75, 3.05) is 0 Å². The van der Waals surface area contributed by atoms with Crippen LogP contribution in [0.1, 0.15) is 78.1 Å². The normalized spacial score (nSPS) is 56.0. The molecular weight excluding hydrogens is 254 g/mol. The van der Waals surface area contributed by atoms with E-state index < -0.39 is 0 Å². The summed E-state index contributed by atoms with van der Waals surface area (Å²) in [4.78, 5) is 0. The molecule has 4 aliphatic carbocycles. The van der Waals surface area contributed by atoms with E-state index in [0.29, 0.717) is 16.7 Å². The number of nitriles is 1. The van der Waals surface area contributed by atoms with Crippen molar-refractivity contribution in [2.24, 2.45) is 40.4 Å². The molecule has 0 unspecified atom stereocenters. The van der Waals surface area contributed by atoms with Gasteiger partial charge < -0.3 is 0 Å². The van der Waals surface area contributed by atoms with E-state index in [4.69, 9.17) is 0 Å². The first kappa shape index (κ1) is 14.1. The van der Waals surface area contributed by atoms with Crippen LogP contribution in [0.2, 0.25) is 0 Å². The van der Waals surface area contributed by atoms with Crippen LogP contribution in [-0.2, 0) is 0 Å². The van der Waals surface area contributed by atoms with Gasteiger partial charge in [-0.1, -0.05) is 26.7 Å². The van der Waals surface area contributed by atoms with Crippen LogP contribution in [0, 0.1) is 51.8 Å². The molecule has 4 saturated carbocycles. The van der Waals surface area contributed by atoms with Crippen LogP contribution in [0.4, 0.5) is 0 Å². The Bertz CT molecular complexity index is 463. The second kappa shape index (κ2) is 4.74. The summed E-state index contributed by atoms with van der Waals surface area (Å²) < 4.78 is 0. The summed E-state index contributed by atoms with van der Waals surface area (Å²) in [5.74, 6) is 4.15. The van der Waals surface area contributed by atoms with Gasteiger partial charge in [0.1, 0.15) is 0 Å². The molecule has 0 bridgehead atoms. The Hall–Kier alpha value is -0.510. The van der Waals surface area contributed by atoms with Crippen molar-refractivity contribution in [3.8, 4) is 6.07 Å². The second-order valence-corrected chi connectivity index (χ2v) is 9.21. The second-order valence-electron chi connectivity index (χ2n) is 9.21. The quantitative estimate of drug-likeness (QED) is 0.571. The maximum absolute atomic E-state index is 9.55. The molecule has 0 aromatic carbocycles. The first-order valence-electron chi connectivity index (χ1n) is 9.49. The van der Waals surface area contributed by atoms with E-state index in [1.807, 2.05) is 0 Å². The fraction of sp³-hybridized carbons (Fsp3) is 0.950. The smallest absolute Gasteiger partial charge is 0.0661 e. The number of hydrogen-bond donors (Lipinski definition) is 0. The van der Waals surface area contributed by atoms with Gasteiger partial charge >= 0.3 is 0 Å². The largest absolute Gasteiger partial charge is 0.198 e. The lowest BCUT2D eigenvalue weighted by atomic mass is 9.45. The summed E-state index contributed by atoms with van der Waals surface area (Å²) in [6, 6.07) is 2.66. The molecule has 0 aromatic heterocycles. The molecule has 1 heteroatoms. The summed E-state index contributed by atoms with van der Waals surface area (Å²) in [6.45, 7) is 5.11. The van der Waals surface area contributed by atoms with Gasteiger partial charge in [0.2, 0.25) is 0 Å². The lowest BCUT2D eigenvalue weighted by Crippen LogP contribution is -2.52. The zero-order valence-corrected chi connectivity index (χ0v) is 13.9. The minimum absolute atomic E-state index is 0.348. The lowest BCUT2D eigenvalue weighted by Gasteiger charge is -2.60. The molecule has 0 aromatic rings. The minimum Gasteiger partial charge on any atom is -0.198 e. The monoisotopic (exact) mass is 285 g/mol. The van der Waals surface area contributed by atoms with Crippen molar-refractivity contribution in [2.45, 2.75) is 78.1 Å². The van der Waals surface area contributed by atoms with E-state index in [9.17, 15) is 5.26 Å². The van der Waals surface area contributed by atoms with Crippen LogP contribution in [0.5, 0.6) is 0 Å². The average Bonchev–Trinajstić information content (AvgIpc) is 2.83. The standard InChI is InChI=1S/C20H31N/c1-19-11-4-3-5-14(19)6-8-16-17-9-7-15(13-21)20(17,2)12-10-18(16)19/h14-18H,3-12H2,1-2H3/t14-,15+,16+,17-,18+,19-,20+/m1/s1. The Morgan fingerprint density at radius 1 is 0.810 bits per heavy atom. The lowest BCUT2D eigenvalue weighted by molar-refractivity contribution is -0.107. The van der Waals surface area contributed by atoms with Crippen molar-refractivity contribution in [1.29, 1.82) is 5.26 Å². The number of fused-ring (bicyclic) bond motifs is 5. The molecule has 0 heterocycles. The summed E-state index contributed by atoms with van der Waals surface area (Å²) in [5.41, 5.74) is 1.00. The van der Waals surface area contributed by atoms with Gasteiger partial charge in [-0.3, -0.25) is 0 Å². The third kappa shape index (κ3) is 1.80. The highest BCUT2D eigenvalue weighted by Crippen LogP contribution is 2.67. The topological polar surface area (TPSA) is 23.8 Å². The molecule has 0 aliphatic heterocycles. The molecule has 0 spiro atoms. The van der Waals surface area contributed by atoms with E-state index in [1.165, 1.54) is 64.2 Å². The van der Waals surface area contributed by atoms with Crippen LogP contribution in [0.25, 0.3) is 0 Å². The van der Waals surface area contributed by atoms with Crippen LogP contribution in [-0.4, -0.2) is 0 Å². The van der Waals surface area contributed by atoms with E-state index in [1.54, 1.807) is 0 Å². The highest BCUT2D eigenvalue weighted by molar-refractivity contribution is 5.12. The van der Waals surface area contributed by atoms with Crippen molar-refractivity contribution >= 4 is 0 Å². The Kier molecular flexibility index (Phi) is 3.18. The van der Waals surface area contributed by atoms with Gasteiger partial charge in [-0.25, -0.2) is 0 Å². The highest BCUT2D eigenvalue weighted by Gasteiger charge is 2.59.